The number of urea groups is 1. The molecule has 24 heavy (non-hydrogen) atoms. The first-order valence-corrected chi connectivity index (χ1v) is 8.04. The summed E-state index contributed by atoms with van der Waals surface area (Å²) >= 11 is 0. The highest BCUT2D eigenvalue weighted by atomic mass is 16.2. The van der Waals surface area contributed by atoms with E-state index in [0.29, 0.717) is 24.3 Å². The number of nitriles is 1. The second-order valence-corrected chi connectivity index (χ2v) is 5.85. The van der Waals surface area contributed by atoms with Crippen molar-refractivity contribution in [1.29, 1.82) is 5.26 Å². The van der Waals surface area contributed by atoms with Crippen molar-refractivity contribution in [3.8, 4) is 6.07 Å². The van der Waals surface area contributed by atoms with Crippen LogP contribution in [-0.2, 0) is 0 Å². The smallest absolute Gasteiger partial charge is 0.322 e. The number of nitrogens with one attached hydrogen (secondary N) is 1. The third-order valence-corrected chi connectivity index (χ3v) is 4.31. The van der Waals surface area contributed by atoms with Crippen LogP contribution in [0.2, 0.25) is 0 Å². The van der Waals surface area contributed by atoms with Crippen LogP contribution in [0.3, 0.4) is 0 Å². The summed E-state index contributed by atoms with van der Waals surface area (Å²) in [6.45, 7) is 5.04. The van der Waals surface area contributed by atoms with Crippen LogP contribution in [0.25, 0.3) is 0 Å². The van der Waals surface area contributed by atoms with Crippen LogP contribution in [-0.4, -0.2) is 37.1 Å². The number of rotatable bonds is 2. The van der Waals surface area contributed by atoms with Crippen molar-refractivity contribution in [3.63, 3.8) is 0 Å². The zero-order chi connectivity index (χ0) is 16.9. The van der Waals surface area contributed by atoms with Gasteiger partial charge in [0.2, 0.25) is 0 Å². The average molecular weight is 320 g/mol. The largest absolute Gasteiger partial charge is 0.368 e. The highest BCUT2D eigenvalue weighted by molar-refractivity contribution is 5.91. The first kappa shape index (κ1) is 15.9. The molecule has 3 rings (SSSR count). The third-order valence-electron chi connectivity index (χ3n) is 4.31. The number of piperazine rings is 1. The molecule has 0 radical (unpaired) electrons. The summed E-state index contributed by atoms with van der Waals surface area (Å²) in [6, 6.07) is 17.3. The van der Waals surface area contributed by atoms with E-state index in [4.69, 9.17) is 5.26 Å². The molecule has 5 heteroatoms. The minimum atomic E-state index is -0.151. The highest BCUT2D eigenvalue weighted by Gasteiger charge is 2.22. The van der Waals surface area contributed by atoms with Crippen molar-refractivity contribution < 1.29 is 4.79 Å². The van der Waals surface area contributed by atoms with E-state index in [1.165, 1.54) is 11.3 Å². The molecule has 1 saturated heterocycles. The van der Waals surface area contributed by atoms with Crippen molar-refractivity contribution in [1.82, 2.24) is 4.90 Å². The maximum absolute atomic E-state index is 12.4. The first-order chi connectivity index (χ1) is 11.7. The zero-order valence-corrected chi connectivity index (χ0v) is 13.7. The number of hydrogen-bond donors (Lipinski definition) is 1. The standard InChI is InChI=1S/C19H20N4O/c1-15-6-2-5-9-18(15)22-10-12-23(13-11-22)19(24)21-17-8-4-3-7-16(17)14-20/h2-9H,10-13H2,1H3,(H,21,24). The van der Waals surface area contributed by atoms with Crippen molar-refractivity contribution in [3.05, 3.63) is 59.7 Å². The van der Waals surface area contributed by atoms with E-state index < -0.39 is 0 Å². The molecule has 1 heterocycles. The molecule has 1 fully saturated rings. The Morgan fingerprint density at radius 2 is 1.71 bits per heavy atom. The monoisotopic (exact) mass is 320 g/mol. The molecule has 122 valence electrons. The van der Waals surface area contributed by atoms with Crippen molar-refractivity contribution in [2.24, 2.45) is 0 Å². The maximum Gasteiger partial charge on any atom is 0.322 e. The topological polar surface area (TPSA) is 59.4 Å². The Labute approximate surface area is 142 Å². The molecule has 0 saturated carbocycles. The number of benzene rings is 2. The minimum absolute atomic E-state index is 0.151. The van der Waals surface area contributed by atoms with E-state index in [9.17, 15) is 4.79 Å². The Balaban J connectivity index is 1.62. The lowest BCUT2D eigenvalue weighted by Gasteiger charge is -2.36. The molecule has 0 aliphatic carbocycles. The van der Waals surface area contributed by atoms with E-state index in [1.54, 1.807) is 23.1 Å². The van der Waals surface area contributed by atoms with E-state index in [-0.39, 0.29) is 6.03 Å². The van der Waals surface area contributed by atoms with Gasteiger partial charge in [-0.1, -0.05) is 30.3 Å². The van der Waals surface area contributed by atoms with Gasteiger partial charge in [0.05, 0.1) is 11.3 Å². The van der Waals surface area contributed by atoms with Gasteiger partial charge in [-0.05, 0) is 30.7 Å². The lowest BCUT2D eigenvalue weighted by atomic mass is 10.1. The fourth-order valence-electron chi connectivity index (χ4n) is 2.95. The number of anilines is 2. The molecule has 2 amide bonds. The van der Waals surface area contributed by atoms with Crippen LogP contribution >= 0.6 is 0 Å². The van der Waals surface area contributed by atoms with Gasteiger partial charge in [-0.2, -0.15) is 5.26 Å². The van der Waals surface area contributed by atoms with E-state index in [1.807, 2.05) is 18.2 Å². The van der Waals surface area contributed by atoms with Gasteiger partial charge >= 0.3 is 6.03 Å². The summed E-state index contributed by atoms with van der Waals surface area (Å²) in [5, 5.41) is 11.9. The fourth-order valence-corrected chi connectivity index (χ4v) is 2.95. The molecule has 5 nitrogen and oxygen atoms in total. The Bertz CT molecular complexity index is 773. The first-order valence-electron chi connectivity index (χ1n) is 8.04. The molecule has 1 N–H and O–H groups in total. The molecule has 0 bridgehead atoms. The van der Waals surface area contributed by atoms with Crippen LogP contribution in [0, 0.1) is 18.3 Å². The summed E-state index contributed by atoms with van der Waals surface area (Å²) in [7, 11) is 0. The summed E-state index contributed by atoms with van der Waals surface area (Å²) in [6.07, 6.45) is 0. The van der Waals surface area contributed by atoms with Gasteiger partial charge < -0.3 is 15.1 Å². The second kappa shape index (κ2) is 7.05. The summed E-state index contributed by atoms with van der Waals surface area (Å²) < 4.78 is 0. The predicted molar refractivity (Wildman–Crippen MR) is 95.1 cm³/mol. The molecule has 0 unspecified atom stereocenters. The van der Waals surface area contributed by atoms with E-state index in [0.717, 1.165) is 13.1 Å². The van der Waals surface area contributed by atoms with Crippen LogP contribution < -0.4 is 10.2 Å². The molecule has 0 atom stereocenters. The molecular formula is C19H20N4O. The molecule has 1 aliphatic rings. The Kier molecular flexibility index (Phi) is 4.66. The van der Waals surface area contributed by atoms with Gasteiger partial charge in [-0.3, -0.25) is 0 Å². The second-order valence-electron chi connectivity index (χ2n) is 5.85. The number of carbonyl (C=O) groups excluding carboxylic acids is 1. The lowest BCUT2D eigenvalue weighted by molar-refractivity contribution is 0.208. The highest BCUT2D eigenvalue weighted by Crippen LogP contribution is 2.21. The van der Waals surface area contributed by atoms with Crippen LogP contribution in [0.1, 0.15) is 11.1 Å². The van der Waals surface area contributed by atoms with E-state index >= 15 is 0 Å². The number of hydrogen-bond acceptors (Lipinski definition) is 3. The number of para-hydroxylation sites is 2. The third kappa shape index (κ3) is 3.33. The SMILES string of the molecule is Cc1ccccc1N1CCN(C(=O)Nc2ccccc2C#N)CC1. The predicted octanol–water partition coefficient (Wildman–Crippen LogP) is 3.22. The molecule has 0 aromatic heterocycles. The minimum Gasteiger partial charge on any atom is -0.368 e. The van der Waals surface area contributed by atoms with Crippen molar-refractivity contribution >= 4 is 17.4 Å². The lowest BCUT2D eigenvalue weighted by Crippen LogP contribution is -2.50. The molecule has 0 spiro atoms. The van der Waals surface area contributed by atoms with Gasteiger partial charge in [0, 0.05) is 31.9 Å². The molecule has 2 aromatic carbocycles. The normalized spacial score (nSPS) is 14.2. The molecule has 1 aliphatic heterocycles. The molecule has 2 aromatic rings. The van der Waals surface area contributed by atoms with Crippen LogP contribution in [0.5, 0.6) is 0 Å². The Hall–Kier alpha value is -3.00. The quantitative estimate of drug-likeness (QED) is 0.924. The van der Waals surface area contributed by atoms with Crippen LogP contribution in [0.4, 0.5) is 16.2 Å². The molecular weight excluding hydrogens is 300 g/mol. The van der Waals surface area contributed by atoms with Gasteiger partial charge in [0.1, 0.15) is 6.07 Å². The van der Waals surface area contributed by atoms with E-state index in [2.05, 4.69) is 35.3 Å². The number of aryl methyl sites for hydroxylation is 1. The van der Waals surface area contributed by atoms with Gasteiger partial charge in [-0.15, -0.1) is 0 Å². The van der Waals surface area contributed by atoms with Crippen LogP contribution in [0.15, 0.2) is 48.5 Å². The summed E-state index contributed by atoms with van der Waals surface area (Å²) in [5.41, 5.74) is 3.52. The number of nitrogens with zero attached hydrogens (tertiary/aromatic N) is 3. The van der Waals surface area contributed by atoms with Gasteiger partial charge in [0.25, 0.3) is 0 Å². The Morgan fingerprint density at radius 1 is 1.04 bits per heavy atom. The summed E-state index contributed by atoms with van der Waals surface area (Å²) in [4.78, 5) is 16.5. The zero-order valence-electron chi connectivity index (χ0n) is 13.7. The fraction of sp³-hybridized carbons (Fsp3) is 0.263. The number of carbonyl (C=O) groups is 1. The maximum atomic E-state index is 12.4. The number of amides is 2. The van der Waals surface area contributed by atoms with Crippen molar-refractivity contribution in [2.75, 3.05) is 36.4 Å². The van der Waals surface area contributed by atoms with Gasteiger partial charge in [-0.25, -0.2) is 4.79 Å². The Morgan fingerprint density at radius 3 is 2.42 bits per heavy atom. The average Bonchev–Trinajstić information content (AvgIpc) is 2.63. The summed E-state index contributed by atoms with van der Waals surface area (Å²) in [5.74, 6) is 0. The van der Waals surface area contributed by atoms with Crippen molar-refractivity contribution in [2.45, 2.75) is 6.92 Å². The van der Waals surface area contributed by atoms with Gasteiger partial charge in [0.15, 0.2) is 0 Å².